The van der Waals surface area contributed by atoms with Gasteiger partial charge in [0.25, 0.3) is 0 Å². The predicted octanol–water partition coefficient (Wildman–Crippen LogP) is 2.71. The van der Waals surface area contributed by atoms with E-state index < -0.39 is 0 Å². The highest BCUT2D eigenvalue weighted by Crippen LogP contribution is 2.30. The first kappa shape index (κ1) is 11.9. The second kappa shape index (κ2) is 5.17. The highest BCUT2D eigenvalue weighted by Gasteiger charge is 2.06. The fraction of sp³-hybridized carbons (Fsp3) is 0.182. The third kappa shape index (κ3) is 2.75. The van der Waals surface area contributed by atoms with Gasteiger partial charge in [0.05, 0.1) is 5.56 Å². The van der Waals surface area contributed by atoms with Crippen LogP contribution in [0, 0.1) is 11.3 Å². The number of aromatic nitrogens is 2. The molecular formula is C11H10N4S2. The minimum absolute atomic E-state index is 0.496. The molecule has 2 aromatic rings. The lowest BCUT2D eigenvalue weighted by Gasteiger charge is -2.00. The maximum Gasteiger partial charge on any atom is 0.174 e. The minimum Gasteiger partial charge on any atom is -0.398 e. The van der Waals surface area contributed by atoms with Gasteiger partial charge in [-0.3, -0.25) is 0 Å². The van der Waals surface area contributed by atoms with Crippen LogP contribution in [0.1, 0.15) is 18.3 Å². The van der Waals surface area contributed by atoms with Crippen molar-refractivity contribution in [1.82, 2.24) is 9.36 Å². The van der Waals surface area contributed by atoms with Crippen LogP contribution in [0.25, 0.3) is 0 Å². The summed E-state index contributed by atoms with van der Waals surface area (Å²) < 4.78 is 5.10. The van der Waals surface area contributed by atoms with Gasteiger partial charge in [-0.05, 0) is 29.7 Å². The molecule has 0 atom stereocenters. The van der Waals surface area contributed by atoms with Gasteiger partial charge in [0.1, 0.15) is 11.9 Å². The highest BCUT2D eigenvalue weighted by atomic mass is 32.2. The zero-order valence-corrected chi connectivity index (χ0v) is 10.8. The van der Waals surface area contributed by atoms with E-state index in [4.69, 9.17) is 11.0 Å². The van der Waals surface area contributed by atoms with E-state index in [9.17, 15) is 0 Å². The smallest absolute Gasteiger partial charge is 0.174 e. The molecule has 0 saturated carbocycles. The van der Waals surface area contributed by atoms with Crippen LogP contribution in [0.5, 0.6) is 0 Å². The fourth-order valence-corrected chi connectivity index (χ4v) is 2.93. The van der Waals surface area contributed by atoms with Gasteiger partial charge in [0.2, 0.25) is 0 Å². The number of nitrogens with two attached hydrogens (primary N) is 1. The molecule has 0 saturated heterocycles. The summed E-state index contributed by atoms with van der Waals surface area (Å²) in [5.74, 6) is 0.855. The number of hydrogen-bond acceptors (Lipinski definition) is 6. The zero-order chi connectivity index (χ0) is 12.3. The summed E-state index contributed by atoms with van der Waals surface area (Å²) in [5.41, 5.74) is 6.66. The third-order valence-electron chi connectivity index (χ3n) is 2.12. The van der Waals surface area contributed by atoms with Crippen molar-refractivity contribution in [2.24, 2.45) is 0 Å². The summed E-state index contributed by atoms with van der Waals surface area (Å²) >= 11 is 2.87. The van der Waals surface area contributed by atoms with E-state index >= 15 is 0 Å². The highest BCUT2D eigenvalue weighted by molar-refractivity contribution is 8.01. The van der Waals surface area contributed by atoms with E-state index in [1.54, 1.807) is 12.1 Å². The first-order valence-corrected chi connectivity index (χ1v) is 6.62. The lowest BCUT2D eigenvalue weighted by molar-refractivity contribution is 0.971. The van der Waals surface area contributed by atoms with Crippen molar-refractivity contribution in [1.29, 1.82) is 5.26 Å². The van der Waals surface area contributed by atoms with Gasteiger partial charge in [-0.2, -0.15) is 9.64 Å². The van der Waals surface area contributed by atoms with Crippen LogP contribution in [0.15, 0.2) is 27.4 Å². The molecule has 0 aliphatic rings. The Morgan fingerprint density at radius 2 is 2.35 bits per heavy atom. The second-order valence-corrected chi connectivity index (χ2v) is 5.37. The van der Waals surface area contributed by atoms with Crippen LogP contribution >= 0.6 is 23.3 Å². The molecule has 0 unspecified atom stereocenters. The summed E-state index contributed by atoms with van der Waals surface area (Å²) in [6.07, 6.45) is 0.836. The molecule has 17 heavy (non-hydrogen) atoms. The molecule has 1 aromatic heterocycles. The van der Waals surface area contributed by atoms with Gasteiger partial charge in [0, 0.05) is 17.0 Å². The monoisotopic (exact) mass is 262 g/mol. The van der Waals surface area contributed by atoms with Gasteiger partial charge < -0.3 is 5.73 Å². The Bertz CT molecular complexity index is 571. The molecule has 2 rings (SSSR count). The maximum absolute atomic E-state index is 8.89. The van der Waals surface area contributed by atoms with Crippen LogP contribution < -0.4 is 5.73 Å². The Morgan fingerprint density at radius 3 is 3.00 bits per heavy atom. The summed E-state index contributed by atoms with van der Waals surface area (Å²) in [4.78, 5) is 5.31. The minimum atomic E-state index is 0.496. The van der Waals surface area contributed by atoms with E-state index in [1.165, 1.54) is 23.3 Å². The van der Waals surface area contributed by atoms with Crippen molar-refractivity contribution in [2.45, 2.75) is 22.6 Å². The first-order valence-electron chi connectivity index (χ1n) is 5.03. The average molecular weight is 262 g/mol. The molecule has 0 bridgehead atoms. The lowest BCUT2D eigenvalue weighted by Crippen LogP contribution is -1.89. The van der Waals surface area contributed by atoms with Crippen molar-refractivity contribution in [3.63, 3.8) is 0 Å². The van der Waals surface area contributed by atoms with Crippen molar-refractivity contribution < 1.29 is 0 Å². The van der Waals surface area contributed by atoms with Crippen LogP contribution in [-0.2, 0) is 6.42 Å². The quantitative estimate of drug-likeness (QED) is 0.861. The number of aryl methyl sites for hydroxylation is 1. The topological polar surface area (TPSA) is 75.6 Å². The fourth-order valence-electron chi connectivity index (χ4n) is 1.22. The molecule has 6 heteroatoms. The number of nitrogen functional groups attached to an aromatic ring is 1. The molecule has 0 spiro atoms. The molecule has 0 radical (unpaired) electrons. The second-order valence-electron chi connectivity index (χ2n) is 3.29. The number of hydrogen-bond donors (Lipinski definition) is 1. The van der Waals surface area contributed by atoms with E-state index in [-0.39, 0.29) is 0 Å². The Hall–Kier alpha value is -1.58. The number of anilines is 1. The molecule has 0 fully saturated rings. The van der Waals surface area contributed by atoms with Gasteiger partial charge in [-0.25, -0.2) is 4.98 Å². The van der Waals surface area contributed by atoms with Crippen molar-refractivity contribution in [2.75, 3.05) is 5.73 Å². The molecule has 4 nitrogen and oxygen atoms in total. The Kier molecular flexibility index (Phi) is 3.61. The Labute approximate surface area is 108 Å². The number of rotatable bonds is 3. The van der Waals surface area contributed by atoms with Gasteiger partial charge in [-0.1, -0.05) is 18.7 Å². The zero-order valence-electron chi connectivity index (χ0n) is 9.17. The van der Waals surface area contributed by atoms with Gasteiger partial charge in [0.15, 0.2) is 4.34 Å². The van der Waals surface area contributed by atoms with Crippen molar-refractivity contribution >= 4 is 29.0 Å². The maximum atomic E-state index is 8.89. The Morgan fingerprint density at radius 1 is 1.53 bits per heavy atom. The average Bonchev–Trinajstić information content (AvgIpc) is 2.79. The number of nitrogens with zero attached hydrogens (tertiary/aromatic N) is 3. The van der Waals surface area contributed by atoms with E-state index in [2.05, 4.69) is 15.4 Å². The molecule has 1 heterocycles. The molecule has 86 valence electrons. The third-order valence-corrected chi connectivity index (χ3v) is 3.89. The molecule has 0 aliphatic heterocycles. The summed E-state index contributed by atoms with van der Waals surface area (Å²) in [6, 6.07) is 7.46. The normalized spacial score (nSPS) is 10.1. The Balaban J connectivity index is 2.21. The van der Waals surface area contributed by atoms with Gasteiger partial charge >= 0.3 is 0 Å². The van der Waals surface area contributed by atoms with E-state index in [1.807, 2.05) is 13.0 Å². The summed E-state index contributed by atoms with van der Waals surface area (Å²) in [6.45, 7) is 2.02. The lowest BCUT2D eigenvalue weighted by atomic mass is 10.2. The number of nitriles is 1. The summed E-state index contributed by atoms with van der Waals surface area (Å²) in [7, 11) is 0. The van der Waals surface area contributed by atoms with Crippen LogP contribution in [0.3, 0.4) is 0 Å². The summed E-state index contributed by atoms with van der Waals surface area (Å²) in [5, 5.41) is 8.89. The largest absolute Gasteiger partial charge is 0.398 e. The molecule has 0 amide bonds. The van der Waals surface area contributed by atoms with E-state index in [0.29, 0.717) is 11.3 Å². The molecular weight excluding hydrogens is 252 g/mol. The van der Waals surface area contributed by atoms with Crippen LogP contribution in [0.2, 0.25) is 0 Å². The SMILES string of the molecule is CCc1nsc(Sc2ccc(N)c(C#N)c2)n1. The van der Waals surface area contributed by atoms with Crippen molar-refractivity contribution in [3.8, 4) is 6.07 Å². The van der Waals surface area contributed by atoms with Crippen LogP contribution in [-0.4, -0.2) is 9.36 Å². The predicted molar refractivity (Wildman–Crippen MR) is 69.0 cm³/mol. The molecule has 1 aromatic carbocycles. The first-order chi connectivity index (χ1) is 8.22. The standard InChI is InChI=1S/C11H10N4S2/c1-2-10-14-11(17-15-10)16-8-3-4-9(13)7(5-8)6-12/h3-5H,2,13H2,1H3. The van der Waals surface area contributed by atoms with Crippen molar-refractivity contribution in [3.05, 3.63) is 29.6 Å². The molecule has 2 N–H and O–H groups in total. The van der Waals surface area contributed by atoms with Gasteiger partial charge in [-0.15, -0.1) is 0 Å². The molecule has 0 aliphatic carbocycles. The van der Waals surface area contributed by atoms with Crippen LogP contribution in [0.4, 0.5) is 5.69 Å². The number of benzene rings is 1. The van der Waals surface area contributed by atoms with E-state index in [0.717, 1.165) is 21.5 Å².